The number of hydrogen-bond donors (Lipinski definition) is 3. The van der Waals surface area contributed by atoms with Crippen molar-refractivity contribution in [1.82, 2.24) is 15.5 Å². The number of carbonyl (C=O) groups is 3. The van der Waals surface area contributed by atoms with Crippen molar-refractivity contribution in [1.29, 1.82) is 0 Å². The van der Waals surface area contributed by atoms with E-state index >= 15 is 0 Å². The SMILES string of the molecule is CCNC(=O)N1C(=O)NCC1C(=O)O. The first kappa shape index (κ1) is 10.3. The summed E-state index contributed by atoms with van der Waals surface area (Å²) in [5, 5.41) is 13.4. The average molecular weight is 201 g/mol. The Labute approximate surface area is 80.1 Å². The third-order valence-corrected chi connectivity index (χ3v) is 1.81. The van der Waals surface area contributed by atoms with Gasteiger partial charge in [-0.1, -0.05) is 0 Å². The monoisotopic (exact) mass is 201 g/mol. The zero-order valence-corrected chi connectivity index (χ0v) is 7.61. The van der Waals surface area contributed by atoms with Crippen LogP contribution in [0.25, 0.3) is 0 Å². The van der Waals surface area contributed by atoms with E-state index in [0.29, 0.717) is 11.4 Å². The Bertz CT molecular complexity index is 278. The van der Waals surface area contributed by atoms with Crippen LogP contribution in [0, 0.1) is 0 Å². The number of carboxylic acid groups (broad SMARTS) is 1. The van der Waals surface area contributed by atoms with Gasteiger partial charge in [-0.05, 0) is 6.92 Å². The summed E-state index contributed by atoms with van der Waals surface area (Å²) < 4.78 is 0. The second-order valence-electron chi connectivity index (χ2n) is 2.75. The van der Waals surface area contributed by atoms with Crippen molar-refractivity contribution in [3.63, 3.8) is 0 Å². The van der Waals surface area contributed by atoms with Crippen LogP contribution < -0.4 is 10.6 Å². The smallest absolute Gasteiger partial charge is 0.328 e. The maximum atomic E-state index is 11.3. The molecule has 1 aliphatic heterocycles. The molecular weight excluding hydrogens is 190 g/mol. The van der Waals surface area contributed by atoms with Crippen molar-refractivity contribution >= 4 is 18.0 Å². The van der Waals surface area contributed by atoms with Crippen LogP contribution in [-0.4, -0.2) is 47.2 Å². The summed E-state index contributed by atoms with van der Waals surface area (Å²) in [5.41, 5.74) is 0. The van der Waals surface area contributed by atoms with Gasteiger partial charge < -0.3 is 15.7 Å². The van der Waals surface area contributed by atoms with Crippen molar-refractivity contribution in [2.45, 2.75) is 13.0 Å². The standard InChI is InChI=1S/C7H11N3O4/c1-2-8-6(13)10-4(5(11)12)3-9-7(10)14/h4H,2-3H2,1H3,(H,8,13)(H,9,14)(H,11,12). The molecule has 1 rings (SSSR count). The highest BCUT2D eigenvalue weighted by molar-refractivity contribution is 6.00. The molecule has 0 saturated carbocycles. The van der Waals surface area contributed by atoms with Gasteiger partial charge in [0, 0.05) is 6.54 Å². The molecule has 1 fully saturated rings. The predicted molar refractivity (Wildman–Crippen MR) is 45.7 cm³/mol. The number of hydrogen-bond acceptors (Lipinski definition) is 3. The first-order chi connectivity index (χ1) is 6.57. The van der Waals surface area contributed by atoms with Crippen molar-refractivity contribution in [2.24, 2.45) is 0 Å². The third kappa shape index (κ3) is 1.76. The van der Waals surface area contributed by atoms with E-state index in [1.165, 1.54) is 0 Å². The molecule has 7 nitrogen and oxygen atoms in total. The number of nitrogens with one attached hydrogen (secondary N) is 2. The highest BCUT2D eigenvalue weighted by Gasteiger charge is 2.40. The molecule has 3 N–H and O–H groups in total. The van der Waals surface area contributed by atoms with Crippen LogP contribution in [0.3, 0.4) is 0 Å². The summed E-state index contributed by atoms with van der Waals surface area (Å²) >= 11 is 0. The first-order valence-corrected chi connectivity index (χ1v) is 4.15. The van der Waals surface area contributed by atoms with Gasteiger partial charge in [0.2, 0.25) is 0 Å². The summed E-state index contributed by atoms with van der Waals surface area (Å²) in [6.45, 7) is 1.97. The maximum Gasteiger partial charge on any atom is 0.328 e. The average Bonchev–Trinajstić information content (AvgIpc) is 2.47. The van der Waals surface area contributed by atoms with Gasteiger partial charge in [0.05, 0.1) is 6.54 Å². The lowest BCUT2D eigenvalue weighted by Gasteiger charge is -2.17. The first-order valence-electron chi connectivity index (χ1n) is 4.15. The number of imide groups is 1. The van der Waals surface area contributed by atoms with E-state index in [1.54, 1.807) is 6.92 Å². The fourth-order valence-electron chi connectivity index (χ4n) is 1.17. The second-order valence-corrected chi connectivity index (χ2v) is 2.75. The van der Waals surface area contributed by atoms with Gasteiger partial charge in [-0.2, -0.15) is 0 Å². The van der Waals surface area contributed by atoms with Crippen molar-refractivity contribution in [3.05, 3.63) is 0 Å². The minimum atomic E-state index is -1.20. The van der Waals surface area contributed by atoms with Gasteiger partial charge >= 0.3 is 18.0 Å². The van der Waals surface area contributed by atoms with Gasteiger partial charge in [0.15, 0.2) is 6.04 Å². The number of carboxylic acids is 1. The van der Waals surface area contributed by atoms with E-state index in [1.807, 2.05) is 0 Å². The van der Waals surface area contributed by atoms with Crippen LogP contribution in [0.5, 0.6) is 0 Å². The van der Waals surface area contributed by atoms with E-state index in [9.17, 15) is 14.4 Å². The normalized spacial score (nSPS) is 20.5. The fraction of sp³-hybridized carbons (Fsp3) is 0.571. The quantitative estimate of drug-likeness (QED) is 0.544. The Kier molecular flexibility index (Phi) is 2.90. The number of nitrogens with zero attached hydrogens (tertiary/aromatic N) is 1. The molecule has 78 valence electrons. The largest absolute Gasteiger partial charge is 0.480 e. The lowest BCUT2D eigenvalue weighted by molar-refractivity contribution is -0.140. The predicted octanol–water partition coefficient (Wildman–Crippen LogP) is -0.806. The summed E-state index contributed by atoms with van der Waals surface area (Å²) in [7, 11) is 0. The van der Waals surface area contributed by atoms with Gasteiger partial charge in [-0.25, -0.2) is 19.3 Å². The summed E-state index contributed by atoms with van der Waals surface area (Å²) in [5.74, 6) is -1.20. The zero-order chi connectivity index (χ0) is 10.7. The molecule has 1 saturated heterocycles. The maximum absolute atomic E-state index is 11.3. The zero-order valence-electron chi connectivity index (χ0n) is 7.61. The number of aliphatic carboxylic acids is 1. The lowest BCUT2D eigenvalue weighted by Crippen LogP contribution is -2.48. The van der Waals surface area contributed by atoms with E-state index < -0.39 is 24.1 Å². The Balaban J connectivity index is 2.76. The Morgan fingerprint density at radius 3 is 2.86 bits per heavy atom. The second kappa shape index (κ2) is 3.95. The van der Waals surface area contributed by atoms with Crippen molar-refractivity contribution < 1.29 is 19.5 Å². The summed E-state index contributed by atoms with van der Waals surface area (Å²) in [4.78, 5) is 33.7. The Hall–Kier alpha value is -1.79. The van der Waals surface area contributed by atoms with Crippen molar-refractivity contribution in [2.75, 3.05) is 13.1 Å². The number of urea groups is 2. The van der Waals surface area contributed by atoms with Crippen LogP contribution >= 0.6 is 0 Å². The molecule has 7 heteroatoms. The molecule has 14 heavy (non-hydrogen) atoms. The molecule has 0 aliphatic carbocycles. The molecule has 0 spiro atoms. The van der Waals surface area contributed by atoms with Crippen LogP contribution in [0.2, 0.25) is 0 Å². The van der Waals surface area contributed by atoms with E-state index in [4.69, 9.17) is 5.11 Å². The van der Waals surface area contributed by atoms with Crippen LogP contribution in [-0.2, 0) is 4.79 Å². The molecule has 4 amide bonds. The minimum absolute atomic E-state index is 0.0503. The molecule has 0 bridgehead atoms. The fourth-order valence-corrected chi connectivity index (χ4v) is 1.17. The third-order valence-electron chi connectivity index (χ3n) is 1.81. The number of amides is 4. The molecule has 1 atom stereocenters. The van der Waals surface area contributed by atoms with Crippen LogP contribution in [0.1, 0.15) is 6.92 Å². The molecule has 1 heterocycles. The molecule has 0 aromatic rings. The molecule has 0 radical (unpaired) electrons. The molecule has 1 unspecified atom stereocenters. The number of rotatable bonds is 2. The molecule has 0 aromatic heterocycles. The lowest BCUT2D eigenvalue weighted by atomic mass is 10.3. The van der Waals surface area contributed by atoms with Gasteiger partial charge in [0.1, 0.15) is 0 Å². The molecule has 0 aromatic carbocycles. The highest BCUT2D eigenvalue weighted by Crippen LogP contribution is 2.07. The van der Waals surface area contributed by atoms with Crippen LogP contribution in [0.15, 0.2) is 0 Å². The summed E-state index contributed by atoms with van der Waals surface area (Å²) in [6, 6.07) is -2.48. The van der Waals surface area contributed by atoms with E-state index in [2.05, 4.69) is 10.6 Å². The Morgan fingerprint density at radius 2 is 2.36 bits per heavy atom. The number of carbonyl (C=O) groups excluding carboxylic acids is 2. The van der Waals surface area contributed by atoms with Gasteiger partial charge in [0.25, 0.3) is 0 Å². The molecule has 1 aliphatic rings. The highest BCUT2D eigenvalue weighted by atomic mass is 16.4. The van der Waals surface area contributed by atoms with Gasteiger partial charge in [-0.3, -0.25) is 0 Å². The minimum Gasteiger partial charge on any atom is -0.480 e. The van der Waals surface area contributed by atoms with Crippen molar-refractivity contribution in [3.8, 4) is 0 Å². The Morgan fingerprint density at radius 1 is 1.71 bits per heavy atom. The van der Waals surface area contributed by atoms with E-state index in [-0.39, 0.29) is 6.54 Å². The molecular formula is C7H11N3O4. The topological polar surface area (TPSA) is 98.7 Å². The summed E-state index contributed by atoms with van der Waals surface area (Å²) in [6.07, 6.45) is 0. The van der Waals surface area contributed by atoms with Gasteiger partial charge in [-0.15, -0.1) is 0 Å². The van der Waals surface area contributed by atoms with Crippen LogP contribution in [0.4, 0.5) is 9.59 Å². The van der Waals surface area contributed by atoms with E-state index in [0.717, 1.165) is 0 Å².